The van der Waals surface area contributed by atoms with Crippen LogP contribution in [0.1, 0.15) is 25.1 Å². The number of hydrogen-bond donors (Lipinski definition) is 3. The van der Waals surface area contributed by atoms with Crippen LogP contribution in [0.3, 0.4) is 0 Å². The molecule has 1 aliphatic rings. The van der Waals surface area contributed by atoms with Crippen molar-refractivity contribution in [3.05, 3.63) is 35.2 Å². The van der Waals surface area contributed by atoms with Gasteiger partial charge >= 0.3 is 0 Å². The summed E-state index contributed by atoms with van der Waals surface area (Å²) in [6, 6.07) is 5.59. The summed E-state index contributed by atoms with van der Waals surface area (Å²) in [5.41, 5.74) is 8.63. The highest BCUT2D eigenvalue weighted by Gasteiger charge is 2.37. The predicted molar refractivity (Wildman–Crippen MR) is 78.4 cm³/mol. The zero-order valence-electron chi connectivity index (χ0n) is 10.8. The molecule has 1 saturated carbocycles. The molecule has 0 bridgehead atoms. The van der Waals surface area contributed by atoms with Crippen LogP contribution in [0.25, 0.3) is 22.6 Å². The molecule has 0 spiro atoms. The Kier molecular flexibility index (Phi) is 2.43. The van der Waals surface area contributed by atoms with Crippen LogP contribution < -0.4 is 5.73 Å². The summed E-state index contributed by atoms with van der Waals surface area (Å²) in [5, 5.41) is 0.688. The van der Waals surface area contributed by atoms with Gasteiger partial charge in [0, 0.05) is 5.02 Å². The Morgan fingerprint density at radius 1 is 1.25 bits per heavy atom. The largest absolute Gasteiger partial charge is 0.338 e. The van der Waals surface area contributed by atoms with E-state index in [4.69, 9.17) is 17.3 Å². The quantitative estimate of drug-likeness (QED) is 0.677. The van der Waals surface area contributed by atoms with Gasteiger partial charge in [-0.3, -0.25) is 0 Å². The molecule has 2 heterocycles. The summed E-state index contributed by atoms with van der Waals surface area (Å²) in [7, 11) is 0. The number of imidazole rings is 2. The van der Waals surface area contributed by atoms with Crippen molar-refractivity contribution in [1.29, 1.82) is 0 Å². The first-order valence-corrected chi connectivity index (χ1v) is 7.02. The third-order valence-electron chi connectivity index (χ3n) is 3.99. The monoisotopic (exact) mass is 287 g/mol. The predicted octanol–water partition coefficient (Wildman–Crippen LogP) is 2.94. The molecule has 0 amide bonds. The maximum atomic E-state index is 6.27. The number of hydrogen-bond acceptors (Lipinski definition) is 3. The van der Waals surface area contributed by atoms with Crippen LogP contribution in [-0.2, 0) is 5.54 Å². The Hall–Kier alpha value is -1.85. The van der Waals surface area contributed by atoms with Crippen molar-refractivity contribution >= 4 is 22.6 Å². The van der Waals surface area contributed by atoms with Gasteiger partial charge in [-0.1, -0.05) is 11.6 Å². The van der Waals surface area contributed by atoms with Crippen molar-refractivity contribution in [3.8, 4) is 11.5 Å². The fraction of sp³-hybridized carbons (Fsp3) is 0.286. The van der Waals surface area contributed by atoms with E-state index in [1.54, 1.807) is 6.20 Å². The molecule has 2 aromatic heterocycles. The third kappa shape index (κ3) is 1.74. The summed E-state index contributed by atoms with van der Waals surface area (Å²) in [6.45, 7) is 0. The smallest absolute Gasteiger partial charge is 0.156 e. The highest BCUT2D eigenvalue weighted by molar-refractivity contribution is 6.31. The van der Waals surface area contributed by atoms with E-state index in [9.17, 15) is 0 Å². The number of rotatable bonds is 2. The van der Waals surface area contributed by atoms with E-state index in [0.29, 0.717) is 5.02 Å². The van der Waals surface area contributed by atoms with Crippen molar-refractivity contribution in [2.24, 2.45) is 5.73 Å². The number of aromatic nitrogens is 4. The molecular formula is C14H14ClN5. The minimum Gasteiger partial charge on any atom is -0.338 e. The SMILES string of the molecule is NC1(c2ncc(-c3nc4ccc(Cl)cc4[nH]3)[nH]2)CCC1. The number of nitrogens with two attached hydrogens (primary N) is 1. The molecule has 0 saturated heterocycles. The molecule has 0 aliphatic heterocycles. The first kappa shape index (κ1) is 11.9. The molecule has 4 N–H and O–H groups in total. The van der Waals surface area contributed by atoms with Crippen LogP contribution in [0.5, 0.6) is 0 Å². The lowest BCUT2D eigenvalue weighted by atomic mass is 9.77. The Morgan fingerprint density at radius 2 is 2.10 bits per heavy atom. The summed E-state index contributed by atoms with van der Waals surface area (Å²) < 4.78 is 0. The number of halogens is 1. The maximum absolute atomic E-state index is 6.27. The van der Waals surface area contributed by atoms with Crippen LogP contribution in [0.4, 0.5) is 0 Å². The lowest BCUT2D eigenvalue weighted by Gasteiger charge is -2.35. The van der Waals surface area contributed by atoms with Crippen LogP contribution in [0.15, 0.2) is 24.4 Å². The molecule has 1 aromatic carbocycles. The highest BCUT2D eigenvalue weighted by Crippen LogP contribution is 2.37. The van der Waals surface area contributed by atoms with E-state index in [1.165, 1.54) is 0 Å². The first-order valence-electron chi connectivity index (χ1n) is 6.64. The third-order valence-corrected chi connectivity index (χ3v) is 4.23. The van der Waals surface area contributed by atoms with E-state index in [0.717, 1.165) is 47.6 Å². The van der Waals surface area contributed by atoms with Gasteiger partial charge in [0.1, 0.15) is 11.5 Å². The van der Waals surface area contributed by atoms with Crippen molar-refractivity contribution in [2.75, 3.05) is 0 Å². The number of benzene rings is 1. The van der Waals surface area contributed by atoms with Gasteiger partial charge in [-0.25, -0.2) is 9.97 Å². The van der Waals surface area contributed by atoms with Gasteiger partial charge in [0.2, 0.25) is 0 Å². The fourth-order valence-corrected chi connectivity index (χ4v) is 2.77. The standard InChI is InChI=1S/C14H14ClN5/c15-8-2-3-9-10(6-8)19-12(18-9)11-7-17-13(20-11)14(16)4-1-5-14/h2-3,6-7H,1,4-5,16H2,(H,17,20)(H,18,19). The fourth-order valence-electron chi connectivity index (χ4n) is 2.60. The summed E-state index contributed by atoms with van der Waals surface area (Å²) in [4.78, 5) is 15.5. The lowest BCUT2D eigenvalue weighted by Crippen LogP contribution is -2.44. The van der Waals surface area contributed by atoms with E-state index >= 15 is 0 Å². The zero-order chi connectivity index (χ0) is 13.7. The Morgan fingerprint density at radius 3 is 2.85 bits per heavy atom. The number of aromatic amines is 2. The molecule has 1 fully saturated rings. The average Bonchev–Trinajstić information content (AvgIpc) is 3.01. The summed E-state index contributed by atoms with van der Waals surface area (Å²) >= 11 is 5.98. The lowest BCUT2D eigenvalue weighted by molar-refractivity contribution is 0.240. The molecule has 20 heavy (non-hydrogen) atoms. The molecule has 3 aromatic rings. The van der Waals surface area contributed by atoms with Gasteiger partial charge in [-0.05, 0) is 37.5 Å². The molecule has 6 heteroatoms. The number of fused-ring (bicyclic) bond motifs is 1. The van der Waals surface area contributed by atoms with Gasteiger partial charge in [-0.15, -0.1) is 0 Å². The molecule has 4 rings (SSSR count). The first-order chi connectivity index (χ1) is 9.64. The van der Waals surface area contributed by atoms with Gasteiger partial charge in [0.25, 0.3) is 0 Å². The van der Waals surface area contributed by atoms with Crippen molar-refractivity contribution in [2.45, 2.75) is 24.8 Å². The summed E-state index contributed by atoms with van der Waals surface area (Å²) in [5.74, 6) is 1.60. The van der Waals surface area contributed by atoms with Gasteiger partial charge in [0.05, 0.1) is 22.8 Å². The van der Waals surface area contributed by atoms with E-state index in [1.807, 2.05) is 18.2 Å². The highest BCUT2D eigenvalue weighted by atomic mass is 35.5. The zero-order valence-corrected chi connectivity index (χ0v) is 11.5. The van der Waals surface area contributed by atoms with Crippen molar-refractivity contribution in [3.63, 3.8) is 0 Å². The topological polar surface area (TPSA) is 83.4 Å². The normalized spacial score (nSPS) is 17.3. The Labute approximate surface area is 120 Å². The molecule has 1 aliphatic carbocycles. The number of H-pyrrole nitrogens is 2. The number of nitrogens with one attached hydrogen (secondary N) is 2. The minimum atomic E-state index is -0.284. The van der Waals surface area contributed by atoms with Gasteiger partial charge in [-0.2, -0.15) is 0 Å². The molecule has 0 atom stereocenters. The van der Waals surface area contributed by atoms with E-state index in [-0.39, 0.29) is 5.54 Å². The number of nitrogens with zero attached hydrogens (tertiary/aromatic N) is 2. The average molecular weight is 288 g/mol. The molecule has 0 unspecified atom stereocenters. The maximum Gasteiger partial charge on any atom is 0.156 e. The van der Waals surface area contributed by atoms with Crippen LogP contribution in [-0.4, -0.2) is 19.9 Å². The van der Waals surface area contributed by atoms with Crippen LogP contribution in [0, 0.1) is 0 Å². The minimum absolute atomic E-state index is 0.284. The second kappa shape index (κ2) is 4.07. The summed E-state index contributed by atoms with van der Waals surface area (Å²) in [6.07, 6.45) is 4.91. The van der Waals surface area contributed by atoms with Crippen LogP contribution in [0.2, 0.25) is 5.02 Å². The molecular weight excluding hydrogens is 274 g/mol. The Bertz CT molecular complexity index is 784. The van der Waals surface area contributed by atoms with E-state index in [2.05, 4.69) is 19.9 Å². The van der Waals surface area contributed by atoms with Crippen LogP contribution >= 0.6 is 11.6 Å². The molecule has 5 nitrogen and oxygen atoms in total. The van der Waals surface area contributed by atoms with Gasteiger partial charge in [0.15, 0.2) is 5.82 Å². The Balaban J connectivity index is 1.75. The molecule has 0 radical (unpaired) electrons. The van der Waals surface area contributed by atoms with E-state index < -0.39 is 0 Å². The van der Waals surface area contributed by atoms with Crippen molar-refractivity contribution in [1.82, 2.24) is 19.9 Å². The van der Waals surface area contributed by atoms with Crippen molar-refractivity contribution < 1.29 is 0 Å². The van der Waals surface area contributed by atoms with Gasteiger partial charge < -0.3 is 15.7 Å². The second-order valence-corrected chi connectivity index (χ2v) is 5.84. The second-order valence-electron chi connectivity index (χ2n) is 5.40. The molecule has 102 valence electrons.